The summed E-state index contributed by atoms with van der Waals surface area (Å²) < 4.78 is 33.1. The summed E-state index contributed by atoms with van der Waals surface area (Å²) in [6.45, 7) is 12.5. The summed E-state index contributed by atoms with van der Waals surface area (Å²) in [7, 11) is 1.80. The molecule has 4 aliphatic rings. The maximum absolute atomic E-state index is 14.6. The van der Waals surface area contributed by atoms with Crippen LogP contribution < -0.4 is 10.2 Å². The minimum atomic E-state index is -2.62. The maximum Gasteiger partial charge on any atom is 0.264 e. The van der Waals surface area contributed by atoms with Gasteiger partial charge in [-0.25, -0.2) is 8.78 Å². The molecular weight excluding hydrogens is 574 g/mol. The Morgan fingerprint density at radius 2 is 1.80 bits per heavy atom. The van der Waals surface area contributed by atoms with Gasteiger partial charge in [-0.3, -0.25) is 19.1 Å². The number of nitrogens with one attached hydrogen (secondary N) is 1. The van der Waals surface area contributed by atoms with Crippen LogP contribution in [0.4, 0.5) is 20.3 Å². The van der Waals surface area contributed by atoms with Crippen molar-refractivity contribution >= 4 is 17.4 Å². The van der Waals surface area contributed by atoms with Crippen molar-refractivity contribution in [3.63, 3.8) is 0 Å². The monoisotopic (exact) mass is 620 g/mol. The largest absolute Gasteiger partial charge is 0.338 e. The van der Waals surface area contributed by atoms with Crippen molar-refractivity contribution < 1.29 is 13.6 Å². The summed E-state index contributed by atoms with van der Waals surface area (Å²) in [5.41, 5.74) is 5.39. The van der Waals surface area contributed by atoms with Gasteiger partial charge < -0.3 is 15.1 Å². The van der Waals surface area contributed by atoms with Gasteiger partial charge in [-0.05, 0) is 73.9 Å². The zero-order valence-electron chi connectivity index (χ0n) is 27.0. The first-order chi connectivity index (χ1) is 21.7. The molecule has 6 heterocycles. The third kappa shape index (κ3) is 5.56. The van der Waals surface area contributed by atoms with E-state index in [1.54, 1.807) is 37.1 Å². The van der Waals surface area contributed by atoms with Crippen LogP contribution in [0, 0.1) is 11.8 Å². The molecule has 45 heavy (non-hydrogen) atoms. The van der Waals surface area contributed by atoms with E-state index in [4.69, 9.17) is 5.10 Å². The fourth-order valence-corrected chi connectivity index (χ4v) is 8.56. The summed E-state index contributed by atoms with van der Waals surface area (Å²) >= 11 is 0. The Bertz CT molecular complexity index is 1550. The molecule has 2 fully saturated rings. The Morgan fingerprint density at radius 3 is 2.47 bits per heavy atom. The summed E-state index contributed by atoms with van der Waals surface area (Å²) in [4.78, 5) is 19.3. The molecule has 2 saturated heterocycles. The van der Waals surface area contributed by atoms with Crippen LogP contribution in [-0.2, 0) is 31.2 Å². The van der Waals surface area contributed by atoms with Crippen molar-refractivity contribution in [2.24, 2.45) is 18.9 Å². The molecule has 0 radical (unpaired) electrons. The van der Waals surface area contributed by atoms with Crippen LogP contribution in [0.3, 0.4) is 0 Å². The van der Waals surface area contributed by atoms with E-state index in [2.05, 4.69) is 38.7 Å². The van der Waals surface area contributed by atoms with E-state index in [-0.39, 0.29) is 17.5 Å². The standard InChI is InChI=1S/C34H46F2N8O/c1-21-16-37-17-22(2)32(21)41-11-7-26(8-12-41)44-30-9-13-42(23(3)45)20-29(30)34(39-44)43-10-5-6-24-14-27(25-18-38-40(4)19-25)28(33(35)36)15-31(24)43/h14-15,18-19,21-22,26,32-33,37H,5-13,16-17,20H2,1-4H3/t21-,22+,32?. The minimum absolute atomic E-state index is 0.0149. The first-order valence-electron chi connectivity index (χ1n) is 16.7. The van der Waals surface area contributed by atoms with Crippen LogP contribution in [0.2, 0.25) is 0 Å². The van der Waals surface area contributed by atoms with Gasteiger partial charge in [-0.1, -0.05) is 13.8 Å². The van der Waals surface area contributed by atoms with Crippen LogP contribution >= 0.6 is 0 Å². The Labute approximate surface area is 264 Å². The number of fused-ring (bicyclic) bond motifs is 2. The van der Waals surface area contributed by atoms with E-state index in [9.17, 15) is 13.6 Å². The molecular formula is C34H46F2N8O. The number of anilines is 2. The molecule has 1 amide bonds. The van der Waals surface area contributed by atoms with Gasteiger partial charge in [0, 0.05) is 86.9 Å². The normalized spacial score (nSPS) is 24.6. The number of alkyl halides is 2. The lowest BCUT2D eigenvalue weighted by Gasteiger charge is -2.46. The van der Waals surface area contributed by atoms with Crippen molar-refractivity contribution in [1.29, 1.82) is 0 Å². The maximum atomic E-state index is 14.6. The second-order valence-electron chi connectivity index (χ2n) is 13.8. The number of hydrogen-bond donors (Lipinski definition) is 1. The Morgan fingerprint density at radius 1 is 1.04 bits per heavy atom. The highest BCUT2D eigenvalue weighted by atomic mass is 19.3. The number of likely N-dealkylation sites (tertiary alicyclic amines) is 1. The molecule has 4 aliphatic heterocycles. The number of aryl methyl sites for hydroxylation is 2. The van der Waals surface area contributed by atoms with Gasteiger partial charge in [0.2, 0.25) is 5.91 Å². The van der Waals surface area contributed by atoms with Crippen LogP contribution in [0.1, 0.15) is 74.9 Å². The molecule has 7 rings (SSSR count). The van der Waals surface area contributed by atoms with Crippen molar-refractivity contribution in [3.8, 4) is 11.1 Å². The molecule has 9 nitrogen and oxygen atoms in total. The van der Waals surface area contributed by atoms with Gasteiger partial charge in [0.05, 0.1) is 18.8 Å². The van der Waals surface area contributed by atoms with E-state index >= 15 is 0 Å². The third-order valence-electron chi connectivity index (χ3n) is 10.8. The molecule has 242 valence electrons. The van der Waals surface area contributed by atoms with Crippen LogP contribution in [-0.4, -0.2) is 80.6 Å². The molecule has 2 aromatic heterocycles. The van der Waals surface area contributed by atoms with Crippen LogP contribution in [0.25, 0.3) is 11.1 Å². The van der Waals surface area contributed by atoms with Gasteiger partial charge in [0.25, 0.3) is 6.43 Å². The van der Waals surface area contributed by atoms with Gasteiger partial charge in [-0.15, -0.1) is 0 Å². The quantitative estimate of drug-likeness (QED) is 0.429. The van der Waals surface area contributed by atoms with E-state index in [1.807, 2.05) is 11.0 Å². The Balaban J connectivity index is 1.24. The summed E-state index contributed by atoms with van der Waals surface area (Å²) in [5.74, 6) is 2.14. The Kier molecular flexibility index (Phi) is 8.18. The second kappa shape index (κ2) is 12.1. The minimum Gasteiger partial charge on any atom is -0.338 e. The smallest absolute Gasteiger partial charge is 0.264 e. The molecule has 1 N–H and O–H groups in total. The Hall–Kier alpha value is -3.31. The lowest BCUT2D eigenvalue weighted by molar-refractivity contribution is -0.129. The number of aromatic nitrogens is 4. The highest BCUT2D eigenvalue weighted by Gasteiger charge is 2.38. The van der Waals surface area contributed by atoms with Crippen molar-refractivity contribution in [2.75, 3.05) is 44.2 Å². The molecule has 3 atom stereocenters. The molecule has 1 unspecified atom stereocenters. The zero-order valence-corrected chi connectivity index (χ0v) is 27.0. The van der Waals surface area contributed by atoms with Crippen molar-refractivity contribution in [1.82, 2.24) is 34.7 Å². The first kappa shape index (κ1) is 30.3. The van der Waals surface area contributed by atoms with Gasteiger partial charge in [0.15, 0.2) is 5.82 Å². The molecule has 3 aromatic rings. The number of rotatable bonds is 5. The molecule has 0 saturated carbocycles. The summed E-state index contributed by atoms with van der Waals surface area (Å²) in [6, 6.07) is 4.50. The van der Waals surface area contributed by atoms with Gasteiger partial charge >= 0.3 is 0 Å². The van der Waals surface area contributed by atoms with E-state index in [0.29, 0.717) is 48.6 Å². The number of nitrogens with zero attached hydrogens (tertiary/aromatic N) is 7. The second-order valence-corrected chi connectivity index (χ2v) is 13.8. The zero-order chi connectivity index (χ0) is 31.4. The molecule has 0 aliphatic carbocycles. The highest BCUT2D eigenvalue weighted by Crippen LogP contribution is 2.44. The van der Waals surface area contributed by atoms with Crippen molar-refractivity contribution in [3.05, 3.63) is 46.9 Å². The summed E-state index contributed by atoms with van der Waals surface area (Å²) in [5, 5.41) is 13.1. The highest BCUT2D eigenvalue weighted by molar-refractivity contribution is 5.78. The fraction of sp³-hybridized carbons (Fsp3) is 0.618. The number of hydrogen-bond acceptors (Lipinski definition) is 6. The predicted octanol–water partition coefficient (Wildman–Crippen LogP) is 5.09. The van der Waals surface area contributed by atoms with Crippen LogP contribution in [0.5, 0.6) is 0 Å². The lowest BCUT2D eigenvalue weighted by atomic mass is 9.84. The van der Waals surface area contributed by atoms with E-state index < -0.39 is 6.43 Å². The summed E-state index contributed by atoms with van der Waals surface area (Å²) in [6.07, 6.45) is 5.37. The third-order valence-corrected chi connectivity index (χ3v) is 10.8. The van der Waals surface area contributed by atoms with E-state index in [1.165, 1.54) is 5.69 Å². The number of piperidine rings is 2. The number of benzene rings is 1. The molecule has 11 heteroatoms. The molecule has 0 bridgehead atoms. The number of halogens is 2. The topological polar surface area (TPSA) is 74.5 Å². The van der Waals surface area contributed by atoms with Gasteiger partial charge in [0.1, 0.15) is 0 Å². The average molecular weight is 621 g/mol. The lowest BCUT2D eigenvalue weighted by Crippen LogP contribution is -2.55. The van der Waals surface area contributed by atoms with Crippen molar-refractivity contribution in [2.45, 2.75) is 77.9 Å². The first-order valence-corrected chi connectivity index (χ1v) is 16.7. The van der Waals surface area contributed by atoms with Crippen LogP contribution in [0.15, 0.2) is 24.5 Å². The number of carbonyl (C=O) groups is 1. The number of carbonyl (C=O) groups excluding carboxylic acids is 1. The molecule has 1 aromatic carbocycles. The molecule has 0 spiro atoms. The van der Waals surface area contributed by atoms with Gasteiger partial charge in [-0.2, -0.15) is 10.2 Å². The predicted molar refractivity (Wildman–Crippen MR) is 171 cm³/mol. The average Bonchev–Trinajstić information content (AvgIpc) is 3.63. The SMILES string of the molecule is CC(=O)N1CCc2c(c(N3CCCc4cc(-c5cnn(C)c5)c(C(F)F)cc43)nn2C2CCN(C3[C@H](C)CNC[C@@H]3C)CC2)C1. The van der Waals surface area contributed by atoms with E-state index in [0.717, 1.165) is 80.9 Å². The number of amides is 1. The fourth-order valence-electron chi connectivity index (χ4n) is 8.56.